The van der Waals surface area contributed by atoms with E-state index >= 15 is 4.39 Å². The van der Waals surface area contributed by atoms with Gasteiger partial charge in [0.15, 0.2) is 5.82 Å². The van der Waals surface area contributed by atoms with Crippen LogP contribution in [0.4, 0.5) is 24.0 Å². The molecule has 256 valence electrons. The molecule has 4 aromatic rings. The molecule has 9 rings (SSSR count). The number of nitrogens with two attached hydrogens (primary N) is 1. The first kappa shape index (κ1) is 31.6. The second-order valence-corrected chi connectivity index (χ2v) is 16.0. The van der Waals surface area contributed by atoms with Crippen LogP contribution in [-0.2, 0) is 0 Å². The minimum Gasteiger partial charge on any atom is -0.461 e. The number of aromatic nitrogens is 2. The van der Waals surface area contributed by atoms with Gasteiger partial charge in [-0.15, -0.1) is 11.3 Å². The van der Waals surface area contributed by atoms with E-state index in [4.69, 9.17) is 27.1 Å². The van der Waals surface area contributed by atoms with Crippen LogP contribution in [0, 0.1) is 28.9 Å². The van der Waals surface area contributed by atoms with Crippen molar-refractivity contribution in [3.63, 3.8) is 0 Å². The van der Waals surface area contributed by atoms with Gasteiger partial charge in [-0.25, -0.2) is 13.2 Å². The average molecular weight is 709 g/mol. The Morgan fingerprint density at radius 2 is 2.02 bits per heavy atom. The molecule has 0 unspecified atom stereocenters. The third-order valence-corrected chi connectivity index (χ3v) is 12.8. The molecule has 2 atom stereocenters. The summed E-state index contributed by atoms with van der Waals surface area (Å²) in [5.41, 5.74) is 5.93. The summed E-state index contributed by atoms with van der Waals surface area (Å²) in [7, 11) is 0. The Morgan fingerprint density at radius 1 is 1.18 bits per heavy atom. The van der Waals surface area contributed by atoms with E-state index in [1.165, 1.54) is 25.0 Å². The van der Waals surface area contributed by atoms with Crippen molar-refractivity contribution in [1.29, 1.82) is 5.26 Å². The largest absolute Gasteiger partial charge is 0.461 e. The fraction of sp³-hybridized carbons (Fsp3) is 0.514. The van der Waals surface area contributed by atoms with Crippen molar-refractivity contribution in [3.8, 4) is 23.2 Å². The van der Waals surface area contributed by atoms with Crippen LogP contribution >= 0.6 is 22.9 Å². The number of nitrogens with zero attached hydrogens (tertiary/aromatic N) is 6. The summed E-state index contributed by atoms with van der Waals surface area (Å²) in [6.45, 7) is 6.40. The fourth-order valence-corrected chi connectivity index (χ4v) is 9.95. The Balaban J connectivity index is 1.17. The van der Waals surface area contributed by atoms with Crippen LogP contribution in [0.2, 0.25) is 5.02 Å². The Bertz CT molecular complexity index is 2050. The predicted molar refractivity (Wildman–Crippen MR) is 185 cm³/mol. The number of nitrogen functional groups attached to an aromatic ring is 1. The Morgan fingerprint density at radius 3 is 2.78 bits per heavy atom. The first-order chi connectivity index (χ1) is 23.7. The van der Waals surface area contributed by atoms with Crippen molar-refractivity contribution in [2.45, 2.75) is 49.4 Å². The van der Waals surface area contributed by atoms with Gasteiger partial charge in [-0.1, -0.05) is 17.7 Å². The zero-order valence-electron chi connectivity index (χ0n) is 26.9. The zero-order valence-corrected chi connectivity index (χ0v) is 28.4. The molecule has 1 spiro atoms. The van der Waals surface area contributed by atoms with Gasteiger partial charge in [0.1, 0.15) is 41.0 Å². The van der Waals surface area contributed by atoms with E-state index in [0.717, 1.165) is 62.8 Å². The van der Waals surface area contributed by atoms with E-state index in [1.54, 1.807) is 6.07 Å². The highest BCUT2D eigenvalue weighted by Gasteiger charge is 2.50. The number of halogens is 4. The lowest BCUT2D eigenvalue weighted by Crippen LogP contribution is -2.76. The SMILES string of the molecule is N#Cc1c(N)sc2c(F)ccc(-c3c(Cl)cc4c(N5CCN(CC6CC6)C6(CNC6)C5)nc(OC[C@@]56CCCN5C[C@H](F)C6)nc4c3F)c12. The molecule has 6 heterocycles. The summed E-state index contributed by atoms with van der Waals surface area (Å²) < 4.78 is 53.1. The molecule has 49 heavy (non-hydrogen) atoms. The average Bonchev–Trinajstić information content (AvgIpc) is 3.58. The van der Waals surface area contributed by atoms with Gasteiger partial charge in [0.2, 0.25) is 0 Å². The standard InChI is InChI=1S/C35H36ClF3N8OS/c36-24-10-22-29(28(39)27(24)21-4-5-25(38)30-26(21)23(12-40)31(41)49-30)43-33(48-18-34-6-1-7-46(34)14-20(37)11-34)44-32(22)45-8-9-47(13-19-2-3-19)35(17-45)15-42-16-35/h4-5,10,19-20,42H,1-3,6-9,11,13-18,41H2/t20-,34+/m1/s1. The number of ether oxygens (including phenoxy) is 1. The van der Waals surface area contributed by atoms with Crippen molar-refractivity contribution in [1.82, 2.24) is 25.1 Å². The summed E-state index contributed by atoms with van der Waals surface area (Å²) in [6, 6.07) is 6.39. The van der Waals surface area contributed by atoms with Crippen LogP contribution in [-0.4, -0.2) is 96.0 Å². The van der Waals surface area contributed by atoms with Gasteiger partial charge in [-0.05, 0) is 55.8 Å². The fourth-order valence-electron chi connectivity index (χ4n) is 8.71. The number of fused-ring (bicyclic) bond motifs is 3. The first-order valence-corrected chi connectivity index (χ1v) is 18.2. The maximum Gasteiger partial charge on any atom is 0.319 e. The zero-order chi connectivity index (χ0) is 33.7. The Hall–Kier alpha value is -3.41. The highest BCUT2D eigenvalue weighted by atomic mass is 35.5. The summed E-state index contributed by atoms with van der Waals surface area (Å²) >= 11 is 7.87. The molecule has 14 heteroatoms. The molecule has 4 aliphatic heterocycles. The van der Waals surface area contributed by atoms with Crippen LogP contribution in [0.3, 0.4) is 0 Å². The predicted octanol–water partition coefficient (Wildman–Crippen LogP) is 5.73. The molecule has 0 amide bonds. The van der Waals surface area contributed by atoms with E-state index in [1.807, 2.05) is 0 Å². The van der Waals surface area contributed by atoms with Crippen molar-refractivity contribution < 1.29 is 17.9 Å². The normalized spacial score (nSPS) is 25.3. The molecule has 5 fully saturated rings. The quantitative estimate of drug-likeness (QED) is 0.249. The van der Waals surface area contributed by atoms with Crippen molar-refractivity contribution in [3.05, 3.63) is 40.4 Å². The molecular formula is C35H36ClF3N8OS. The molecule has 2 aromatic carbocycles. The molecule has 5 aliphatic rings. The Kier molecular flexibility index (Phi) is 7.45. The Labute approximate surface area is 290 Å². The number of anilines is 2. The molecule has 3 N–H and O–H groups in total. The molecule has 0 bridgehead atoms. The number of hydrogen-bond acceptors (Lipinski definition) is 10. The van der Waals surface area contributed by atoms with E-state index in [-0.39, 0.29) is 60.5 Å². The maximum atomic E-state index is 17.1. The van der Waals surface area contributed by atoms with E-state index in [0.29, 0.717) is 37.3 Å². The van der Waals surface area contributed by atoms with Crippen LogP contribution in [0.1, 0.15) is 37.7 Å². The summed E-state index contributed by atoms with van der Waals surface area (Å²) in [6.07, 6.45) is 3.78. The molecule has 9 nitrogen and oxygen atoms in total. The lowest BCUT2D eigenvalue weighted by molar-refractivity contribution is 0.0231. The molecule has 4 saturated heterocycles. The van der Waals surface area contributed by atoms with Crippen LogP contribution in [0.25, 0.3) is 32.1 Å². The third-order valence-electron chi connectivity index (χ3n) is 11.5. The second-order valence-electron chi connectivity index (χ2n) is 14.5. The van der Waals surface area contributed by atoms with Crippen molar-refractivity contribution in [2.75, 3.05) is 69.6 Å². The van der Waals surface area contributed by atoms with Crippen LogP contribution in [0.5, 0.6) is 6.01 Å². The van der Waals surface area contributed by atoms with Gasteiger partial charge >= 0.3 is 6.01 Å². The maximum absolute atomic E-state index is 17.1. The number of alkyl halides is 1. The second kappa shape index (κ2) is 11.6. The van der Waals surface area contributed by atoms with Gasteiger partial charge in [0.05, 0.1) is 26.4 Å². The van der Waals surface area contributed by atoms with Gasteiger partial charge < -0.3 is 20.7 Å². The monoisotopic (exact) mass is 708 g/mol. The number of nitrogens with one attached hydrogen (secondary N) is 1. The molecule has 1 aliphatic carbocycles. The lowest BCUT2D eigenvalue weighted by atomic mass is 9.86. The number of benzene rings is 2. The van der Waals surface area contributed by atoms with Crippen LogP contribution < -0.4 is 20.7 Å². The molecule has 2 aromatic heterocycles. The van der Waals surface area contributed by atoms with E-state index in [2.05, 4.69) is 31.1 Å². The third kappa shape index (κ3) is 5.05. The van der Waals surface area contributed by atoms with Gasteiger partial charge in [-0.3, -0.25) is 9.80 Å². The highest BCUT2D eigenvalue weighted by molar-refractivity contribution is 7.23. The summed E-state index contributed by atoms with van der Waals surface area (Å²) in [5.74, 6) is -0.00259. The topological polar surface area (TPSA) is 107 Å². The van der Waals surface area contributed by atoms with Crippen molar-refractivity contribution >= 4 is 54.7 Å². The van der Waals surface area contributed by atoms with Gasteiger partial charge in [0, 0.05) is 68.6 Å². The minimum absolute atomic E-state index is 0.00499. The number of piperazine rings is 1. The first-order valence-electron chi connectivity index (χ1n) is 17.0. The summed E-state index contributed by atoms with van der Waals surface area (Å²) in [4.78, 5) is 16.5. The van der Waals surface area contributed by atoms with E-state index in [9.17, 15) is 14.0 Å². The number of hydrogen-bond donors (Lipinski definition) is 2. The number of rotatable bonds is 7. The van der Waals surface area contributed by atoms with Crippen LogP contribution in [0.15, 0.2) is 18.2 Å². The molecule has 0 radical (unpaired) electrons. The number of nitriles is 1. The lowest BCUT2D eigenvalue weighted by Gasteiger charge is -2.56. The smallest absolute Gasteiger partial charge is 0.319 e. The summed E-state index contributed by atoms with van der Waals surface area (Å²) in [5, 5.41) is 14.3. The van der Waals surface area contributed by atoms with Crippen molar-refractivity contribution in [2.24, 2.45) is 5.92 Å². The molecule has 1 saturated carbocycles. The molecular weight excluding hydrogens is 673 g/mol. The van der Waals surface area contributed by atoms with E-state index < -0.39 is 23.3 Å². The minimum atomic E-state index is -0.921. The number of thiophene rings is 1. The highest BCUT2D eigenvalue weighted by Crippen LogP contribution is 2.47. The van der Waals surface area contributed by atoms with Gasteiger partial charge in [-0.2, -0.15) is 15.2 Å². The van der Waals surface area contributed by atoms with Gasteiger partial charge in [0.25, 0.3) is 0 Å².